The lowest BCUT2D eigenvalue weighted by molar-refractivity contribution is -0.137. The van der Waals surface area contributed by atoms with Crippen molar-refractivity contribution in [2.24, 2.45) is 7.05 Å². The minimum atomic E-state index is -4.37. The van der Waals surface area contributed by atoms with Crippen LogP contribution in [0.15, 0.2) is 23.4 Å². The summed E-state index contributed by atoms with van der Waals surface area (Å²) < 4.78 is 39.3. The largest absolute Gasteiger partial charge is 0.416 e. The lowest BCUT2D eigenvalue weighted by Crippen LogP contribution is -2.04. The molecule has 3 nitrogen and oxygen atoms in total. The highest BCUT2D eigenvalue weighted by Gasteiger charge is 2.30. The van der Waals surface area contributed by atoms with Crippen LogP contribution in [0, 0.1) is 11.3 Å². The Bertz CT molecular complexity index is 625. The van der Waals surface area contributed by atoms with E-state index < -0.39 is 11.7 Å². The Hall–Kier alpha value is -1.68. The molecule has 1 aromatic carbocycles. The zero-order chi connectivity index (χ0) is 13.3. The van der Waals surface area contributed by atoms with Crippen LogP contribution < -0.4 is 0 Å². The molecule has 7 heteroatoms. The molecule has 0 bridgehead atoms. The second-order valence-corrected chi connectivity index (χ2v) is 4.54. The molecular weight excluding hydrogens is 263 g/mol. The first kappa shape index (κ1) is 12.8. The Kier molecular flexibility index (Phi) is 3.22. The van der Waals surface area contributed by atoms with Gasteiger partial charge in [-0.3, -0.25) is 0 Å². The van der Waals surface area contributed by atoms with Crippen LogP contribution in [0.1, 0.15) is 5.56 Å². The molecule has 0 unspecified atom stereocenters. The first-order chi connectivity index (χ1) is 8.43. The second-order valence-electron chi connectivity index (χ2n) is 3.60. The molecule has 0 N–H and O–H groups in total. The topological polar surface area (TPSA) is 41.6 Å². The van der Waals surface area contributed by atoms with Crippen molar-refractivity contribution in [1.82, 2.24) is 9.55 Å². The van der Waals surface area contributed by atoms with E-state index in [2.05, 4.69) is 4.98 Å². The van der Waals surface area contributed by atoms with Crippen molar-refractivity contribution in [2.75, 3.05) is 5.75 Å². The number of fused-ring (bicyclic) bond motifs is 1. The van der Waals surface area contributed by atoms with Crippen molar-refractivity contribution < 1.29 is 13.2 Å². The van der Waals surface area contributed by atoms with Crippen LogP contribution in [0.25, 0.3) is 11.0 Å². The number of alkyl halides is 3. The number of rotatable bonds is 2. The fourth-order valence-electron chi connectivity index (χ4n) is 1.58. The van der Waals surface area contributed by atoms with Crippen LogP contribution in [0.2, 0.25) is 0 Å². The number of hydrogen-bond donors (Lipinski definition) is 0. The normalized spacial score (nSPS) is 11.7. The number of aryl methyl sites for hydroxylation is 1. The Balaban J connectivity index is 2.49. The van der Waals surface area contributed by atoms with Gasteiger partial charge in [0.1, 0.15) is 0 Å². The van der Waals surface area contributed by atoms with Crippen LogP contribution in [-0.2, 0) is 13.2 Å². The Labute approximate surface area is 105 Å². The van der Waals surface area contributed by atoms with E-state index >= 15 is 0 Å². The molecule has 0 radical (unpaired) electrons. The van der Waals surface area contributed by atoms with Crippen LogP contribution in [0.5, 0.6) is 0 Å². The molecule has 0 aliphatic heterocycles. The van der Waals surface area contributed by atoms with Crippen molar-refractivity contribution >= 4 is 22.8 Å². The minimum absolute atomic E-state index is 0.212. The van der Waals surface area contributed by atoms with E-state index in [4.69, 9.17) is 5.26 Å². The maximum atomic E-state index is 12.5. The maximum Gasteiger partial charge on any atom is 0.416 e. The molecule has 0 fully saturated rings. The molecule has 1 heterocycles. The average Bonchev–Trinajstić information content (AvgIpc) is 2.62. The van der Waals surface area contributed by atoms with Gasteiger partial charge in [0.25, 0.3) is 0 Å². The first-order valence-corrected chi connectivity index (χ1v) is 5.95. The SMILES string of the molecule is Cn1c(SCC#N)nc2cc(C(F)(F)F)ccc21. The quantitative estimate of drug-likeness (QED) is 0.788. The van der Waals surface area contributed by atoms with Crippen molar-refractivity contribution in [2.45, 2.75) is 11.3 Å². The summed E-state index contributed by atoms with van der Waals surface area (Å²) in [5.41, 5.74) is 0.182. The second kappa shape index (κ2) is 4.53. The van der Waals surface area contributed by atoms with Gasteiger partial charge in [-0.15, -0.1) is 0 Å². The number of nitrogens with zero attached hydrogens (tertiary/aromatic N) is 3. The number of thioether (sulfide) groups is 1. The van der Waals surface area contributed by atoms with E-state index in [1.165, 1.54) is 17.8 Å². The minimum Gasteiger partial charge on any atom is -0.322 e. The van der Waals surface area contributed by atoms with E-state index in [9.17, 15) is 13.2 Å². The monoisotopic (exact) mass is 271 g/mol. The predicted octanol–water partition coefficient (Wildman–Crippen LogP) is 3.21. The molecule has 0 aliphatic carbocycles. The van der Waals surface area contributed by atoms with Gasteiger partial charge in [0, 0.05) is 7.05 Å². The number of nitriles is 1. The molecule has 0 saturated carbocycles. The zero-order valence-corrected chi connectivity index (χ0v) is 10.1. The molecular formula is C11H8F3N3S. The van der Waals surface area contributed by atoms with Gasteiger partial charge in [0.05, 0.1) is 28.4 Å². The van der Waals surface area contributed by atoms with Crippen LogP contribution in [0.3, 0.4) is 0 Å². The summed E-state index contributed by atoms with van der Waals surface area (Å²) in [5.74, 6) is 0.212. The van der Waals surface area contributed by atoms with E-state index in [0.717, 1.165) is 12.1 Å². The molecule has 94 valence electrons. The van der Waals surface area contributed by atoms with Gasteiger partial charge in [-0.05, 0) is 18.2 Å². The lowest BCUT2D eigenvalue weighted by atomic mass is 10.2. The van der Waals surface area contributed by atoms with Gasteiger partial charge in [-0.1, -0.05) is 11.8 Å². The van der Waals surface area contributed by atoms with Crippen molar-refractivity contribution in [1.29, 1.82) is 5.26 Å². The van der Waals surface area contributed by atoms with Gasteiger partial charge in [-0.2, -0.15) is 18.4 Å². The maximum absolute atomic E-state index is 12.5. The Morgan fingerprint density at radius 1 is 1.44 bits per heavy atom. The third kappa shape index (κ3) is 2.29. The number of aromatic nitrogens is 2. The molecule has 0 saturated heterocycles. The Morgan fingerprint density at radius 3 is 2.78 bits per heavy atom. The van der Waals surface area contributed by atoms with Gasteiger partial charge in [-0.25, -0.2) is 4.98 Å². The lowest BCUT2D eigenvalue weighted by Gasteiger charge is -2.05. The van der Waals surface area contributed by atoms with Crippen LogP contribution >= 0.6 is 11.8 Å². The molecule has 2 rings (SSSR count). The highest BCUT2D eigenvalue weighted by atomic mass is 32.2. The fraction of sp³-hybridized carbons (Fsp3) is 0.273. The molecule has 1 aromatic heterocycles. The zero-order valence-electron chi connectivity index (χ0n) is 9.32. The molecule has 2 aromatic rings. The highest BCUT2D eigenvalue weighted by molar-refractivity contribution is 7.99. The van der Waals surface area contributed by atoms with E-state index in [0.29, 0.717) is 10.7 Å². The summed E-state index contributed by atoms with van der Waals surface area (Å²) in [6.07, 6.45) is -4.37. The smallest absolute Gasteiger partial charge is 0.322 e. The van der Waals surface area contributed by atoms with Gasteiger partial charge < -0.3 is 4.57 Å². The van der Waals surface area contributed by atoms with Gasteiger partial charge in [0.2, 0.25) is 0 Å². The number of benzene rings is 1. The van der Waals surface area contributed by atoms with E-state index in [1.54, 1.807) is 11.6 Å². The van der Waals surface area contributed by atoms with Crippen molar-refractivity contribution in [3.8, 4) is 6.07 Å². The summed E-state index contributed by atoms with van der Waals surface area (Å²) in [6.45, 7) is 0. The summed E-state index contributed by atoms with van der Waals surface area (Å²) in [7, 11) is 1.71. The van der Waals surface area contributed by atoms with Crippen LogP contribution in [-0.4, -0.2) is 15.3 Å². The van der Waals surface area contributed by atoms with Gasteiger partial charge >= 0.3 is 6.18 Å². The van der Waals surface area contributed by atoms with Crippen molar-refractivity contribution in [3.05, 3.63) is 23.8 Å². The van der Waals surface area contributed by atoms with E-state index in [-0.39, 0.29) is 11.3 Å². The average molecular weight is 271 g/mol. The number of halogens is 3. The summed E-state index contributed by atoms with van der Waals surface area (Å²) in [5, 5.41) is 9.02. The first-order valence-electron chi connectivity index (χ1n) is 4.97. The molecule has 0 aliphatic rings. The van der Waals surface area contributed by atoms with Crippen molar-refractivity contribution in [3.63, 3.8) is 0 Å². The summed E-state index contributed by atoms with van der Waals surface area (Å²) in [6, 6.07) is 5.39. The summed E-state index contributed by atoms with van der Waals surface area (Å²) in [4.78, 5) is 4.10. The number of imidazole rings is 1. The van der Waals surface area contributed by atoms with Crippen LogP contribution in [0.4, 0.5) is 13.2 Å². The molecule has 18 heavy (non-hydrogen) atoms. The number of hydrogen-bond acceptors (Lipinski definition) is 3. The molecule has 0 amide bonds. The molecule has 0 atom stereocenters. The third-order valence-electron chi connectivity index (χ3n) is 2.43. The highest BCUT2D eigenvalue weighted by Crippen LogP contribution is 2.32. The summed E-state index contributed by atoms with van der Waals surface area (Å²) >= 11 is 1.20. The fourth-order valence-corrected chi connectivity index (χ4v) is 2.23. The van der Waals surface area contributed by atoms with Gasteiger partial charge in [0.15, 0.2) is 5.16 Å². The predicted molar refractivity (Wildman–Crippen MR) is 62.1 cm³/mol. The standard InChI is InChI=1S/C11H8F3N3S/c1-17-9-3-2-7(11(12,13)14)6-8(9)16-10(17)18-5-4-15/h2-3,6H,5H2,1H3. The Morgan fingerprint density at radius 2 is 2.17 bits per heavy atom. The molecule has 0 spiro atoms. The third-order valence-corrected chi connectivity index (χ3v) is 3.33. The van der Waals surface area contributed by atoms with E-state index in [1.807, 2.05) is 6.07 Å².